The highest BCUT2D eigenvalue weighted by Crippen LogP contribution is 2.42. The van der Waals surface area contributed by atoms with Gasteiger partial charge in [0, 0.05) is 5.56 Å². The summed E-state index contributed by atoms with van der Waals surface area (Å²) in [5, 5.41) is -0.0544. The van der Waals surface area contributed by atoms with Gasteiger partial charge in [0.15, 0.2) is 0 Å². The second-order valence-corrected chi connectivity index (χ2v) is 12.8. The van der Waals surface area contributed by atoms with E-state index in [9.17, 15) is 21.6 Å². The first kappa shape index (κ1) is 25.4. The summed E-state index contributed by atoms with van der Waals surface area (Å²) in [4.78, 5) is 13.7. The molecule has 0 unspecified atom stereocenters. The minimum Gasteiger partial charge on any atom is -0.496 e. The van der Waals surface area contributed by atoms with Crippen molar-refractivity contribution in [1.82, 2.24) is 0 Å². The number of methoxy groups -OCH3 is 1. The summed E-state index contributed by atoms with van der Waals surface area (Å²) >= 11 is 0. The van der Waals surface area contributed by atoms with Gasteiger partial charge < -0.3 is 9.15 Å². The Morgan fingerprint density at radius 2 is 1.16 bits per heavy atom. The number of hydrogen-bond acceptors (Lipinski definition) is 7. The highest BCUT2D eigenvalue weighted by molar-refractivity contribution is 8.08. The number of rotatable bonds is 7. The Morgan fingerprint density at radius 1 is 0.658 bits per heavy atom. The van der Waals surface area contributed by atoms with E-state index in [0.717, 1.165) is 0 Å². The standard InChI is InChI=1S/C29H22O7S2/c1-35-23-18-11-19-24-25(23)27(30)26(28(36-24)20-12-5-2-6-13-20)29(37(31,32)21-14-7-3-8-15-21)38(33,34)22-16-9-4-10-17-22/h2-19,29H,1H3. The lowest BCUT2D eigenvalue weighted by Crippen LogP contribution is -2.29. The summed E-state index contributed by atoms with van der Waals surface area (Å²) < 4.78 is 66.0. The Hall–Kier alpha value is -4.21. The van der Waals surface area contributed by atoms with Crippen LogP contribution in [0.1, 0.15) is 10.1 Å². The van der Waals surface area contributed by atoms with Gasteiger partial charge in [-0.25, -0.2) is 16.8 Å². The molecule has 0 fully saturated rings. The average Bonchev–Trinajstić information content (AvgIpc) is 2.95. The van der Waals surface area contributed by atoms with Crippen LogP contribution < -0.4 is 10.2 Å². The lowest BCUT2D eigenvalue weighted by Gasteiger charge is -2.21. The van der Waals surface area contributed by atoms with Crippen molar-refractivity contribution < 1.29 is 26.0 Å². The molecule has 5 rings (SSSR count). The minimum absolute atomic E-state index is 0.0544. The molecule has 5 aromatic rings. The van der Waals surface area contributed by atoms with Crippen molar-refractivity contribution in [3.05, 3.63) is 125 Å². The maximum absolute atomic E-state index is 14.2. The topological polar surface area (TPSA) is 108 Å². The SMILES string of the molecule is COc1cccc2oc(-c3ccccc3)c(C(S(=O)(=O)c3ccccc3)S(=O)(=O)c3ccccc3)c(=O)c12. The van der Waals surface area contributed by atoms with Crippen molar-refractivity contribution in [3.63, 3.8) is 0 Å². The van der Waals surface area contributed by atoms with Crippen LogP contribution in [0.25, 0.3) is 22.3 Å². The number of sulfone groups is 2. The van der Waals surface area contributed by atoms with E-state index in [1.807, 2.05) is 0 Å². The zero-order chi connectivity index (χ0) is 26.9. The molecule has 0 aliphatic rings. The van der Waals surface area contributed by atoms with Crippen molar-refractivity contribution >= 4 is 30.6 Å². The van der Waals surface area contributed by atoms with E-state index in [1.54, 1.807) is 54.6 Å². The summed E-state index contributed by atoms with van der Waals surface area (Å²) in [6, 6.07) is 27.4. The summed E-state index contributed by atoms with van der Waals surface area (Å²) in [6.45, 7) is 0. The molecule has 0 N–H and O–H groups in total. The first-order chi connectivity index (χ1) is 18.3. The van der Waals surface area contributed by atoms with E-state index in [-0.39, 0.29) is 32.3 Å². The van der Waals surface area contributed by atoms with Gasteiger partial charge in [0.25, 0.3) is 0 Å². The van der Waals surface area contributed by atoms with Gasteiger partial charge >= 0.3 is 0 Å². The Labute approximate surface area is 219 Å². The first-order valence-corrected chi connectivity index (χ1v) is 14.6. The third-order valence-electron chi connectivity index (χ3n) is 6.12. The zero-order valence-corrected chi connectivity index (χ0v) is 21.8. The Kier molecular flexibility index (Phi) is 6.64. The normalized spacial score (nSPS) is 12.1. The molecule has 192 valence electrons. The Bertz CT molecular complexity index is 1810. The summed E-state index contributed by atoms with van der Waals surface area (Å²) in [5.74, 6) is -0.0227. The largest absolute Gasteiger partial charge is 0.496 e. The second kappa shape index (κ2) is 9.92. The molecule has 4 aromatic carbocycles. The molecule has 1 heterocycles. The van der Waals surface area contributed by atoms with Gasteiger partial charge in [0.05, 0.1) is 22.5 Å². The van der Waals surface area contributed by atoms with E-state index in [2.05, 4.69) is 0 Å². The predicted octanol–water partition coefficient (Wildman–Crippen LogP) is 5.42. The number of benzene rings is 4. The van der Waals surface area contributed by atoms with Gasteiger partial charge in [-0.1, -0.05) is 72.8 Å². The monoisotopic (exact) mass is 546 g/mol. The molecule has 38 heavy (non-hydrogen) atoms. The highest BCUT2D eigenvalue weighted by Gasteiger charge is 2.45. The lowest BCUT2D eigenvalue weighted by atomic mass is 10.1. The van der Waals surface area contributed by atoms with Crippen LogP contribution in [0.2, 0.25) is 0 Å². The van der Waals surface area contributed by atoms with Gasteiger partial charge in [0.2, 0.25) is 29.7 Å². The highest BCUT2D eigenvalue weighted by atomic mass is 32.3. The lowest BCUT2D eigenvalue weighted by molar-refractivity contribution is 0.418. The summed E-state index contributed by atoms with van der Waals surface area (Å²) in [6.07, 6.45) is 0. The van der Waals surface area contributed by atoms with Gasteiger partial charge in [-0.2, -0.15) is 0 Å². The molecule has 0 atom stereocenters. The second-order valence-electron chi connectivity index (χ2n) is 8.42. The van der Waals surface area contributed by atoms with E-state index in [4.69, 9.17) is 9.15 Å². The molecule has 7 nitrogen and oxygen atoms in total. The van der Waals surface area contributed by atoms with Crippen LogP contribution >= 0.6 is 0 Å². The van der Waals surface area contributed by atoms with Crippen LogP contribution in [0, 0.1) is 0 Å². The van der Waals surface area contributed by atoms with Crippen molar-refractivity contribution in [1.29, 1.82) is 0 Å². The third kappa shape index (κ3) is 4.29. The molecular formula is C29H22O7S2. The molecule has 0 amide bonds. The molecule has 0 spiro atoms. The fraction of sp³-hybridized carbons (Fsp3) is 0.0690. The maximum atomic E-state index is 14.2. The number of hydrogen-bond donors (Lipinski definition) is 0. The fourth-order valence-electron chi connectivity index (χ4n) is 4.36. The molecule has 0 aliphatic carbocycles. The van der Waals surface area contributed by atoms with Gasteiger partial charge in [-0.05, 0) is 36.4 Å². The van der Waals surface area contributed by atoms with Crippen LogP contribution in [0.4, 0.5) is 0 Å². The molecular weight excluding hydrogens is 524 g/mol. The molecule has 0 aliphatic heterocycles. The smallest absolute Gasteiger partial charge is 0.204 e. The van der Waals surface area contributed by atoms with Crippen LogP contribution in [-0.4, -0.2) is 23.9 Å². The Balaban J connectivity index is 1.98. The molecule has 0 saturated heterocycles. The average molecular weight is 547 g/mol. The molecule has 0 saturated carbocycles. The first-order valence-electron chi connectivity index (χ1n) is 11.5. The molecule has 9 heteroatoms. The van der Waals surface area contributed by atoms with Crippen molar-refractivity contribution in [2.75, 3.05) is 7.11 Å². The van der Waals surface area contributed by atoms with Crippen LogP contribution in [-0.2, 0) is 19.7 Å². The Morgan fingerprint density at radius 3 is 1.66 bits per heavy atom. The van der Waals surface area contributed by atoms with Crippen LogP contribution in [0.5, 0.6) is 5.75 Å². The quantitative estimate of drug-likeness (QED) is 0.268. The zero-order valence-electron chi connectivity index (χ0n) is 20.1. The minimum atomic E-state index is -4.69. The molecule has 0 radical (unpaired) electrons. The van der Waals surface area contributed by atoms with E-state index < -0.39 is 35.2 Å². The summed E-state index contributed by atoms with van der Waals surface area (Å²) in [7, 11) is -8.02. The fourth-order valence-corrected chi connectivity index (χ4v) is 8.97. The van der Waals surface area contributed by atoms with Crippen molar-refractivity contribution in [3.8, 4) is 17.1 Å². The van der Waals surface area contributed by atoms with Crippen molar-refractivity contribution in [2.24, 2.45) is 0 Å². The number of ether oxygens (including phenoxy) is 1. The number of fused-ring (bicyclic) bond motifs is 1. The van der Waals surface area contributed by atoms with Gasteiger partial charge in [-0.15, -0.1) is 0 Å². The van der Waals surface area contributed by atoms with Crippen LogP contribution in [0.3, 0.4) is 0 Å². The van der Waals surface area contributed by atoms with E-state index in [1.165, 1.54) is 61.7 Å². The maximum Gasteiger partial charge on any atom is 0.204 e. The van der Waals surface area contributed by atoms with Gasteiger partial charge in [0.1, 0.15) is 22.5 Å². The third-order valence-corrected chi connectivity index (χ3v) is 11.1. The van der Waals surface area contributed by atoms with Crippen molar-refractivity contribution in [2.45, 2.75) is 14.4 Å². The van der Waals surface area contributed by atoms with E-state index >= 15 is 0 Å². The summed E-state index contributed by atoms with van der Waals surface area (Å²) in [5.41, 5.74) is -0.849. The van der Waals surface area contributed by atoms with Crippen LogP contribution in [0.15, 0.2) is 128 Å². The predicted molar refractivity (Wildman–Crippen MR) is 144 cm³/mol. The molecule has 1 aromatic heterocycles. The van der Waals surface area contributed by atoms with Gasteiger partial charge in [-0.3, -0.25) is 4.79 Å². The van der Waals surface area contributed by atoms with E-state index in [0.29, 0.717) is 5.56 Å². The molecule has 0 bridgehead atoms.